The van der Waals surface area contributed by atoms with Gasteiger partial charge in [0.2, 0.25) is 0 Å². The third-order valence-corrected chi connectivity index (χ3v) is 3.66. The number of nitrogens with zero attached hydrogens (tertiary/aromatic N) is 1. The lowest BCUT2D eigenvalue weighted by Crippen LogP contribution is -2.36. The van der Waals surface area contributed by atoms with Crippen LogP contribution >= 0.6 is 0 Å². The van der Waals surface area contributed by atoms with Gasteiger partial charge in [-0.15, -0.1) is 13.2 Å². The number of hydrogen-bond acceptors (Lipinski definition) is 2. The standard InChI is InChI=1S/C19H30N2/c1-5-13-20-19(18-11-9-8-10-12-18)17(4)16-21(14-6-2)15-7-3/h6-12,17,19-20H,2-3,5,13-16H2,1,4H3. The quantitative estimate of drug-likeness (QED) is 0.618. The van der Waals surface area contributed by atoms with Gasteiger partial charge in [-0.2, -0.15) is 0 Å². The van der Waals surface area contributed by atoms with E-state index in [4.69, 9.17) is 0 Å². The van der Waals surface area contributed by atoms with Crippen LogP contribution in [0, 0.1) is 5.92 Å². The predicted molar refractivity (Wildman–Crippen MR) is 93.5 cm³/mol. The van der Waals surface area contributed by atoms with Crippen molar-refractivity contribution >= 4 is 0 Å². The molecule has 2 unspecified atom stereocenters. The summed E-state index contributed by atoms with van der Waals surface area (Å²) in [7, 11) is 0. The second kappa shape index (κ2) is 10.4. The fourth-order valence-electron chi connectivity index (χ4n) is 2.71. The highest BCUT2D eigenvalue weighted by atomic mass is 15.1. The number of rotatable bonds is 11. The SMILES string of the molecule is C=CCN(CC=C)CC(C)C(NCCC)c1ccccc1. The zero-order chi connectivity index (χ0) is 15.5. The summed E-state index contributed by atoms with van der Waals surface area (Å²) >= 11 is 0. The Labute approximate surface area is 130 Å². The molecule has 0 bridgehead atoms. The van der Waals surface area contributed by atoms with Gasteiger partial charge in [0.05, 0.1) is 0 Å². The van der Waals surface area contributed by atoms with Crippen LogP contribution < -0.4 is 5.32 Å². The van der Waals surface area contributed by atoms with Crippen LogP contribution in [0.5, 0.6) is 0 Å². The zero-order valence-corrected chi connectivity index (χ0v) is 13.6. The molecule has 0 spiro atoms. The Morgan fingerprint density at radius 2 is 1.76 bits per heavy atom. The van der Waals surface area contributed by atoms with Crippen molar-refractivity contribution in [2.75, 3.05) is 26.2 Å². The molecule has 0 aliphatic heterocycles. The number of nitrogens with one attached hydrogen (secondary N) is 1. The summed E-state index contributed by atoms with van der Waals surface area (Å²) in [5.41, 5.74) is 1.37. The van der Waals surface area contributed by atoms with Crippen LogP contribution in [0.2, 0.25) is 0 Å². The van der Waals surface area contributed by atoms with Crippen LogP contribution in [0.15, 0.2) is 55.6 Å². The van der Waals surface area contributed by atoms with Crippen molar-refractivity contribution in [1.82, 2.24) is 10.2 Å². The molecule has 2 atom stereocenters. The highest BCUT2D eigenvalue weighted by Gasteiger charge is 2.20. The third kappa shape index (κ3) is 6.28. The Balaban J connectivity index is 2.76. The van der Waals surface area contributed by atoms with Gasteiger partial charge < -0.3 is 5.32 Å². The van der Waals surface area contributed by atoms with Gasteiger partial charge in [-0.25, -0.2) is 0 Å². The molecule has 1 aromatic rings. The van der Waals surface area contributed by atoms with E-state index in [1.807, 2.05) is 12.2 Å². The normalized spacial score (nSPS) is 13.9. The van der Waals surface area contributed by atoms with Crippen molar-refractivity contribution in [2.45, 2.75) is 26.3 Å². The molecule has 0 aliphatic carbocycles. The van der Waals surface area contributed by atoms with Gasteiger partial charge in [-0.05, 0) is 24.4 Å². The molecular formula is C19H30N2. The summed E-state index contributed by atoms with van der Waals surface area (Å²) in [6, 6.07) is 11.1. The Hall–Kier alpha value is -1.38. The highest BCUT2D eigenvalue weighted by molar-refractivity contribution is 5.19. The molecule has 0 saturated carbocycles. The minimum atomic E-state index is 0.392. The lowest BCUT2D eigenvalue weighted by atomic mass is 9.93. The molecule has 21 heavy (non-hydrogen) atoms. The number of benzene rings is 1. The lowest BCUT2D eigenvalue weighted by Gasteiger charge is -2.30. The molecule has 0 radical (unpaired) electrons. The van der Waals surface area contributed by atoms with E-state index in [0.717, 1.165) is 32.6 Å². The first-order chi connectivity index (χ1) is 10.2. The molecular weight excluding hydrogens is 256 g/mol. The average Bonchev–Trinajstić information content (AvgIpc) is 2.49. The van der Waals surface area contributed by atoms with E-state index < -0.39 is 0 Å². The summed E-state index contributed by atoms with van der Waals surface area (Å²) in [4.78, 5) is 2.38. The van der Waals surface area contributed by atoms with Crippen LogP contribution in [0.4, 0.5) is 0 Å². The van der Waals surface area contributed by atoms with E-state index in [1.54, 1.807) is 0 Å². The summed E-state index contributed by atoms with van der Waals surface area (Å²) in [5, 5.41) is 3.70. The van der Waals surface area contributed by atoms with Crippen molar-refractivity contribution in [3.05, 3.63) is 61.2 Å². The van der Waals surface area contributed by atoms with Gasteiger partial charge in [0.15, 0.2) is 0 Å². The Kier molecular flexibility index (Phi) is 8.72. The Morgan fingerprint density at radius 3 is 2.29 bits per heavy atom. The molecule has 2 heteroatoms. The molecule has 0 aromatic heterocycles. The molecule has 1 N–H and O–H groups in total. The topological polar surface area (TPSA) is 15.3 Å². The van der Waals surface area contributed by atoms with Gasteiger partial charge in [0, 0.05) is 25.7 Å². The molecule has 1 rings (SSSR count). The highest BCUT2D eigenvalue weighted by Crippen LogP contribution is 2.22. The maximum absolute atomic E-state index is 3.85. The fraction of sp³-hybridized carbons (Fsp3) is 0.474. The first-order valence-corrected chi connectivity index (χ1v) is 7.95. The van der Waals surface area contributed by atoms with Crippen LogP contribution in [0.1, 0.15) is 31.9 Å². The maximum Gasteiger partial charge on any atom is 0.0358 e. The average molecular weight is 286 g/mol. The summed E-state index contributed by atoms with van der Waals surface area (Å²) in [6.07, 6.45) is 5.08. The Bertz CT molecular complexity index is 389. The van der Waals surface area contributed by atoms with Gasteiger partial charge in [-0.3, -0.25) is 4.90 Å². The van der Waals surface area contributed by atoms with E-state index in [1.165, 1.54) is 5.56 Å². The van der Waals surface area contributed by atoms with Crippen molar-refractivity contribution in [2.24, 2.45) is 5.92 Å². The van der Waals surface area contributed by atoms with Crippen molar-refractivity contribution in [3.63, 3.8) is 0 Å². The van der Waals surface area contributed by atoms with Crippen LogP contribution in [0.3, 0.4) is 0 Å². The van der Waals surface area contributed by atoms with Crippen LogP contribution in [-0.4, -0.2) is 31.1 Å². The lowest BCUT2D eigenvalue weighted by molar-refractivity contribution is 0.245. The fourth-order valence-corrected chi connectivity index (χ4v) is 2.71. The molecule has 1 aromatic carbocycles. The van der Waals surface area contributed by atoms with Crippen molar-refractivity contribution < 1.29 is 0 Å². The van der Waals surface area contributed by atoms with Crippen molar-refractivity contribution in [1.29, 1.82) is 0 Å². The van der Waals surface area contributed by atoms with Crippen LogP contribution in [-0.2, 0) is 0 Å². The molecule has 116 valence electrons. The minimum Gasteiger partial charge on any atom is -0.310 e. The van der Waals surface area contributed by atoms with E-state index >= 15 is 0 Å². The molecule has 0 heterocycles. The largest absolute Gasteiger partial charge is 0.310 e. The molecule has 0 aliphatic rings. The van der Waals surface area contributed by atoms with E-state index in [-0.39, 0.29) is 0 Å². The monoisotopic (exact) mass is 286 g/mol. The van der Waals surface area contributed by atoms with Gasteiger partial charge in [-0.1, -0.05) is 56.3 Å². The van der Waals surface area contributed by atoms with Gasteiger partial charge >= 0.3 is 0 Å². The first-order valence-electron chi connectivity index (χ1n) is 7.95. The van der Waals surface area contributed by atoms with Gasteiger partial charge in [0.1, 0.15) is 0 Å². The first kappa shape index (κ1) is 17.7. The number of hydrogen-bond donors (Lipinski definition) is 1. The van der Waals surface area contributed by atoms with E-state index in [2.05, 4.69) is 67.6 Å². The molecule has 0 amide bonds. The summed E-state index contributed by atoms with van der Waals surface area (Å²) in [5.74, 6) is 0.527. The van der Waals surface area contributed by atoms with Crippen molar-refractivity contribution in [3.8, 4) is 0 Å². The van der Waals surface area contributed by atoms with Crippen LogP contribution in [0.25, 0.3) is 0 Å². The van der Waals surface area contributed by atoms with E-state index in [9.17, 15) is 0 Å². The summed E-state index contributed by atoms with van der Waals surface area (Å²) in [6.45, 7) is 16.1. The smallest absolute Gasteiger partial charge is 0.0358 e. The second-order valence-corrected chi connectivity index (χ2v) is 5.62. The predicted octanol–water partition coefficient (Wildman–Crippen LogP) is 4.04. The minimum absolute atomic E-state index is 0.392. The van der Waals surface area contributed by atoms with Gasteiger partial charge in [0.25, 0.3) is 0 Å². The molecule has 0 saturated heterocycles. The molecule has 2 nitrogen and oxygen atoms in total. The zero-order valence-electron chi connectivity index (χ0n) is 13.6. The Morgan fingerprint density at radius 1 is 1.14 bits per heavy atom. The third-order valence-electron chi connectivity index (χ3n) is 3.66. The maximum atomic E-state index is 3.85. The second-order valence-electron chi connectivity index (χ2n) is 5.62. The summed E-state index contributed by atoms with van der Waals surface area (Å²) < 4.78 is 0. The molecule has 0 fully saturated rings. The van der Waals surface area contributed by atoms with E-state index in [0.29, 0.717) is 12.0 Å².